The maximum Gasteiger partial charge on any atom is 0.143 e. The molecule has 60 heavy (non-hydrogen) atoms. The van der Waals surface area contributed by atoms with Crippen molar-refractivity contribution >= 4 is 49.8 Å². The minimum Gasteiger partial charge on any atom is -0.455 e. The van der Waals surface area contributed by atoms with E-state index in [-0.39, 0.29) is 10.8 Å². The van der Waals surface area contributed by atoms with Crippen molar-refractivity contribution in [2.45, 2.75) is 38.5 Å². The number of anilines is 3. The molecule has 2 heteroatoms. The number of fused-ring (bicyclic) bond motifs is 10. The van der Waals surface area contributed by atoms with Crippen LogP contribution in [0.1, 0.15) is 49.9 Å². The van der Waals surface area contributed by atoms with E-state index in [1.54, 1.807) is 0 Å². The Labute approximate surface area is 351 Å². The second-order valence-electron chi connectivity index (χ2n) is 17.7. The van der Waals surface area contributed by atoms with E-state index in [1.807, 2.05) is 0 Å². The highest BCUT2D eigenvalue weighted by Crippen LogP contribution is 2.53. The van der Waals surface area contributed by atoms with Gasteiger partial charge in [-0.15, -0.1) is 0 Å². The third kappa shape index (κ3) is 5.07. The second kappa shape index (κ2) is 12.7. The summed E-state index contributed by atoms with van der Waals surface area (Å²) in [4.78, 5) is 2.46. The minimum atomic E-state index is -0.117. The van der Waals surface area contributed by atoms with E-state index in [0.29, 0.717) is 0 Å². The van der Waals surface area contributed by atoms with Gasteiger partial charge in [0.1, 0.15) is 11.2 Å². The first-order valence-electron chi connectivity index (χ1n) is 21.1. The number of para-hydroxylation sites is 1. The molecule has 0 saturated heterocycles. The van der Waals surface area contributed by atoms with E-state index in [9.17, 15) is 0 Å². The fourth-order valence-corrected chi connectivity index (χ4v) is 10.5. The summed E-state index contributed by atoms with van der Waals surface area (Å²) in [5, 5.41) is 4.69. The van der Waals surface area contributed by atoms with Gasteiger partial charge in [-0.1, -0.05) is 161 Å². The van der Waals surface area contributed by atoms with Gasteiger partial charge in [-0.25, -0.2) is 0 Å². The van der Waals surface area contributed by atoms with Gasteiger partial charge in [0.15, 0.2) is 0 Å². The zero-order chi connectivity index (χ0) is 40.3. The monoisotopic (exact) mass is 769 g/mol. The van der Waals surface area contributed by atoms with E-state index in [1.165, 1.54) is 55.3 Å². The lowest BCUT2D eigenvalue weighted by atomic mass is 9.82. The smallest absolute Gasteiger partial charge is 0.143 e. The van der Waals surface area contributed by atoms with Gasteiger partial charge in [-0.2, -0.15) is 0 Å². The highest BCUT2D eigenvalue weighted by Gasteiger charge is 2.37. The molecule has 0 saturated carbocycles. The van der Waals surface area contributed by atoms with E-state index in [0.717, 1.165) is 61.3 Å². The Morgan fingerprint density at radius 3 is 1.52 bits per heavy atom. The topological polar surface area (TPSA) is 16.4 Å². The van der Waals surface area contributed by atoms with Crippen LogP contribution in [0.3, 0.4) is 0 Å². The summed E-state index contributed by atoms with van der Waals surface area (Å²) in [5.41, 5.74) is 20.4. The van der Waals surface area contributed by atoms with Crippen LogP contribution in [0.15, 0.2) is 192 Å². The number of furan rings is 1. The molecule has 0 spiro atoms. The summed E-state index contributed by atoms with van der Waals surface area (Å²) in [7, 11) is 0. The quantitative estimate of drug-likeness (QED) is 0.173. The lowest BCUT2D eigenvalue weighted by Gasteiger charge is -2.30. The first-order chi connectivity index (χ1) is 29.2. The molecule has 9 aromatic carbocycles. The van der Waals surface area contributed by atoms with E-state index >= 15 is 0 Å². The summed E-state index contributed by atoms with van der Waals surface area (Å²) in [5.74, 6) is 0. The van der Waals surface area contributed by atoms with Crippen LogP contribution in [0.5, 0.6) is 0 Å². The normalized spacial score (nSPS) is 14.3. The molecule has 0 aliphatic heterocycles. The van der Waals surface area contributed by atoms with E-state index in [4.69, 9.17) is 4.42 Å². The van der Waals surface area contributed by atoms with E-state index in [2.05, 4.69) is 221 Å². The first-order valence-corrected chi connectivity index (χ1v) is 21.1. The predicted molar refractivity (Wildman–Crippen MR) is 252 cm³/mol. The van der Waals surface area contributed by atoms with Crippen LogP contribution < -0.4 is 4.90 Å². The predicted octanol–water partition coefficient (Wildman–Crippen LogP) is 16.2. The van der Waals surface area contributed by atoms with Crippen LogP contribution in [0.25, 0.3) is 77.2 Å². The summed E-state index contributed by atoms with van der Waals surface area (Å²) in [6.45, 7) is 9.45. The Morgan fingerprint density at radius 2 is 0.850 bits per heavy atom. The fourth-order valence-electron chi connectivity index (χ4n) is 10.5. The fraction of sp³-hybridized carbons (Fsp3) is 0.103. The molecule has 0 bridgehead atoms. The number of hydrogen-bond acceptors (Lipinski definition) is 2. The van der Waals surface area contributed by atoms with Gasteiger partial charge >= 0.3 is 0 Å². The van der Waals surface area contributed by atoms with Crippen molar-refractivity contribution in [3.8, 4) is 44.5 Å². The van der Waals surface area contributed by atoms with Gasteiger partial charge in [-0.05, 0) is 127 Å². The van der Waals surface area contributed by atoms with Crippen LogP contribution in [0, 0.1) is 0 Å². The van der Waals surface area contributed by atoms with Crippen molar-refractivity contribution in [1.29, 1.82) is 0 Å². The van der Waals surface area contributed by atoms with Crippen molar-refractivity contribution < 1.29 is 4.42 Å². The molecule has 1 aromatic heterocycles. The van der Waals surface area contributed by atoms with Crippen molar-refractivity contribution in [2.75, 3.05) is 4.90 Å². The van der Waals surface area contributed by atoms with Crippen LogP contribution in [0.2, 0.25) is 0 Å². The molecule has 0 radical (unpaired) electrons. The molecule has 2 aliphatic rings. The van der Waals surface area contributed by atoms with E-state index < -0.39 is 0 Å². The van der Waals surface area contributed by atoms with Crippen molar-refractivity contribution in [3.05, 3.63) is 210 Å². The average molecular weight is 770 g/mol. The lowest BCUT2D eigenvalue weighted by Crippen LogP contribution is -2.18. The molecule has 10 aromatic rings. The van der Waals surface area contributed by atoms with Crippen molar-refractivity contribution in [2.24, 2.45) is 0 Å². The molecule has 0 amide bonds. The minimum absolute atomic E-state index is 0.117. The lowest BCUT2D eigenvalue weighted by molar-refractivity contribution is 0.660. The van der Waals surface area contributed by atoms with Crippen LogP contribution in [0.4, 0.5) is 17.1 Å². The molecule has 2 aliphatic carbocycles. The maximum atomic E-state index is 6.67. The Balaban J connectivity index is 0.995. The van der Waals surface area contributed by atoms with Crippen molar-refractivity contribution in [3.63, 3.8) is 0 Å². The molecule has 12 rings (SSSR count). The van der Waals surface area contributed by atoms with Crippen molar-refractivity contribution in [1.82, 2.24) is 0 Å². The molecular weight excluding hydrogens is 727 g/mol. The summed E-state index contributed by atoms with van der Waals surface area (Å²) in [6, 6.07) is 69.4. The number of hydrogen-bond donors (Lipinski definition) is 0. The molecule has 0 N–H and O–H groups in total. The number of benzene rings is 9. The second-order valence-corrected chi connectivity index (χ2v) is 17.7. The van der Waals surface area contributed by atoms with Crippen LogP contribution in [-0.2, 0) is 10.8 Å². The highest BCUT2D eigenvalue weighted by atomic mass is 16.3. The third-order valence-corrected chi connectivity index (χ3v) is 13.6. The van der Waals surface area contributed by atoms with Gasteiger partial charge < -0.3 is 9.32 Å². The molecule has 1 heterocycles. The maximum absolute atomic E-state index is 6.67. The Morgan fingerprint density at radius 1 is 0.350 bits per heavy atom. The molecule has 2 nitrogen and oxygen atoms in total. The Kier molecular flexibility index (Phi) is 7.36. The summed E-state index contributed by atoms with van der Waals surface area (Å²) in [6.07, 6.45) is 0. The first kappa shape index (κ1) is 34.8. The SMILES string of the molecule is CC1(C)c2ccccc2-c2ccc(N(c3cccc(-c4cccc(-c5cccc6c5oc5cc7ccccc7cc56)c4)c3)c3ccc4c(c3)C(C)(C)c3ccccc3-4)cc21. The zero-order valence-corrected chi connectivity index (χ0v) is 34.3. The van der Waals surface area contributed by atoms with Crippen LogP contribution >= 0.6 is 0 Å². The highest BCUT2D eigenvalue weighted by molar-refractivity contribution is 6.13. The molecule has 0 fully saturated rings. The zero-order valence-electron chi connectivity index (χ0n) is 34.3. The molecular formula is C58H43NO. The van der Waals surface area contributed by atoms with Gasteiger partial charge in [0.25, 0.3) is 0 Å². The Hall–Kier alpha value is -7.16. The largest absolute Gasteiger partial charge is 0.455 e. The van der Waals surface area contributed by atoms with Gasteiger partial charge in [-0.3, -0.25) is 0 Å². The summed E-state index contributed by atoms with van der Waals surface area (Å²) >= 11 is 0. The van der Waals surface area contributed by atoms with Gasteiger partial charge in [0.2, 0.25) is 0 Å². The summed E-state index contributed by atoms with van der Waals surface area (Å²) < 4.78 is 6.67. The van der Waals surface area contributed by atoms with Gasteiger partial charge in [0, 0.05) is 44.2 Å². The Bertz CT molecular complexity index is 3290. The molecule has 0 unspecified atom stereocenters. The van der Waals surface area contributed by atoms with Crippen LogP contribution in [-0.4, -0.2) is 0 Å². The average Bonchev–Trinajstić information content (AvgIpc) is 3.84. The van der Waals surface area contributed by atoms with Gasteiger partial charge in [0.05, 0.1) is 0 Å². The number of rotatable bonds is 5. The number of nitrogens with zero attached hydrogens (tertiary/aromatic N) is 1. The standard InChI is InChI=1S/C58H43NO/c1-57(2)51-24-9-7-20-45(51)47-28-26-42(34-53(47)57)59(43-27-29-48-46-21-8-10-25-52(46)58(3,4)54(48)35-43)41-19-12-17-37(31-41)36-16-11-18-40(30-36)44-22-13-23-49-50-32-38-14-5-6-15-39(38)33-55(50)60-56(44)49/h5-35H,1-4H3. The molecule has 0 atom stereocenters. The third-order valence-electron chi connectivity index (χ3n) is 13.6. The molecule has 286 valence electrons.